The number of hydrogen-bond donors (Lipinski definition) is 2. The molecule has 0 aliphatic carbocycles. The lowest BCUT2D eigenvalue weighted by molar-refractivity contribution is -0.124. The molecule has 0 saturated heterocycles. The summed E-state index contributed by atoms with van der Waals surface area (Å²) in [6, 6.07) is 5.69. The van der Waals surface area contributed by atoms with E-state index in [4.69, 9.17) is 5.73 Å². The van der Waals surface area contributed by atoms with Crippen LogP contribution in [-0.2, 0) is 11.2 Å². The van der Waals surface area contributed by atoms with Crippen LogP contribution >= 0.6 is 0 Å². The van der Waals surface area contributed by atoms with Gasteiger partial charge in [0.15, 0.2) is 0 Å². The molecule has 0 aromatic carbocycles. The van der Waals surface area contributed by atoms with Gasteiger partial charge >= 0.3 is 0 Å². The second kappa shape index (κ2) is 6.95. The van der Waals surface area contributed by atoms with Gasteiger partial charge in [-0.15, -0.1) is 0 Å². The molecule has 0 aliphatic heterocycles. The average molecular weight is 221 g/mol. The maximum absolute atomic E-state index is 11.7. The van der Waals surface area contributed by atoms with Gasteiger partial charge in [-0.3, -0.25) is 9.78 Å². The largest absolute Gasteiger partial charge is 0.356 e. The van der Waals surface area contributed by atoms with Crippen LogP contribution in [-0.4, -0.2) is 24.0 Å². The van der Waals surface area contributed by atoms with Gasteiger partial charge in [0.1, 0.15) is 0 Å². The van der Waals surface area contributed by atoms with Gasteiger partial charge in [-0.05, 0) is 18.6 Å². The van der Waals surface area contributed by atoms with Crippen molar-refractivity contribution in [3.63, 3.8) is 0 Å². The molecule has 1 unspecified atom stereocenters. The van der Waals surface area contributed by atoms with E-state index in [0.29, 0.717) is 19.5 Å². The number of carbonyl (C=O) groups is 1. The maximum Gasteiger partial charge on any atom is 0.224 e. The molecular weight excluding hydrogens is 202 g/mol. The number of pyridine rings is 1. The van der Waals surface area contributed by atoms with Gasteiger partial charge in [0.2, 0.25) is 5.91 Å². The van der Waals surface area contributed by atoms with Crippen molar-refractivity contribution in [2.24, 2.45) is 11.7 Å². The Morgan fingerprint density at radius 2 is 2.38 bits per heavy atom. The minimum atomic E-state index is -0.179. The van der Waals surface area contributed by atoms with E-state index < -0.39 is 0 Å². The summed E-state index contributed by atoms with van der Waals surface area (Å²) in [5.74, 6) is -0.156. The molecular formula is C12H19N3O. The van der Waals surface area contributed by atoms with Crippen LogP contribution in [0.4, 0.5) is 0 Å². The van der Waals surface area contributed by atoms with Gasteiger partial charge in [-0.2, -0.15) is 0 Å². The topological polar surface area (TPSA) is 68.0 Å². The third kappa shape index (κ3) is 3.98. The van der Waals surface area contributed by atoms with Gasteiger partial charge < -0.3 is 11.1 Å². The Morgan fingerprint density at radius 1 is 1.56 bits per heavy atom. The zero-order valence-electron chi connectivity index (χ0n) is 9.65. The monoisotopic (exact) mass is 221 g/mol. The first-order valence-corrected chi connectivity index (χ1v) is 5.65. The molecule has 4 nitrogen and oxygen atoms in total. The predicted molar refractivity (Wildman–Crippen MR) is 63.8 cm³/mol. The molecule has 0 saturated carbocycles. The molecule has 0 aliphatic rings. The highest BCUT2D eigenvalue weighted by Crippen LogP contribution is 2.05. The van der Waals surface area contributed by atoms with Gasteiger partial charge in [0.05, 0.1) is 5.92 Å². The lowest BCUT2D eigenvalue weighted by atomic mass is 10.0. The summed E-state index contributed by atoms with van der Waals surface area (Å²) >= 11 is 0. The fraction of sp³-hybridized carbons (Fsp3) is 0.500. The third-order valence-corrected chi connectivity index (χ3v) is 2.39. The highest BCUT2D eigenvalue weighted by atomic mass is 16.1. The highest BCUT2D eigenvalue weighted by molar-refractivity contribution is 5.79. The Balaban J connectivity index is 2.52. The molecule has 0 bridgehead atoms. The molecule has 1 heterocycles. The molecule has 1 atom stereocenters. The van der Waals surface area contributed by atoms with E-state index in [0.717, 1.165) is 12.1 Å². The molecule has 16 heavy (non-hydrogen) atoms. The normalized spacial score (nSPS) is 12.1. The SMILES string of the molecule is CCCNC(=O)C(CN)Cc1ccccn1. The standard InChI is InChI=1S/C12H19N3O/c1-2-6-15-12(16)10(9-13)8-11-5-3-4-7-14-11/h3-5,7,10H,2,6,8-9,13H2,1H3,(H,15,16). The van der Waals surface area contributed by atoms with Crippen LogP contribution in [0.5, 0.6) is 0 Å². The number of hydrogen-bond acceptors (Lipinski definition) is 3. The average Bonchev–Trinajstić information content (AvgIpc) is 2.34. The van der Waals surface area contributed by atoms with E-state index in [1.54, 1.807) is 6.20 Å². The number of amides is 1. The summed E-state index contributed by atoms with van der Waals surface area (Å²) in [6.45, 7) is 3.08. The van der Waals surface area contributed by atoms with Crippen molar-refractivity contribution in [3.8, 4) is 0 Å². The molecule has 3 N–H and O–H groups in total. The first kappa shape index (κ1) is 12.6. The number of nitrogens with zero attached hydrogens (tertiary/aromatic N) is 1. The van der Waals surface area contributed by atoms with Crippen molar-refractivity contribution >= 4 is 5.91 Å². The number of aromatic nitrogens is 1. The Hall–Kier alpha value is -1.42. The lowest BCUT2D eigenvalue weighted by Crippen LogP contribution is -2.36. The first-order valence-electron chi connectivity index (χ1n) is 5.65. The summed E-state index contributed by atoms with van der Waals surface area (Å²) in [5, 5.41) is 2.86. The predicted octanol–water partition coefficient (Wildman–Crippen LogP) is 0.725. The molecule has 1 aromatic heterocycles. The first-order chi connectivity index (χ1) is 7.77. The van der Waals surface area contributed by atoms with E-state index in [1.165, 1.54) is 0 Å². The molecule has 0 fully saturated rings. The summed E-state index contributed by atoms with van der Waals surface area (Å²) in [7, 11) is 0. The zero-order chi connectivity index (χ0) is 11.8. The minimum absolute atomic E-state index is 0.0232. The number of nitrogens with one attached hydrogen (secondary N) is 1. The summed E-state index contributed by atoms with van der Waals surface area (Å²) < 4.78 is 0. The summed E-state index contributed by atoms with van der Waals surface area (Å²) in [4.78, 5) is 15.9. The third-order valence-electron chi connectivity index (χ3n) is 2.39. The Morgan fingerprint density at radius 3 is 2.94 bits per heavy atom. The van der Waals surface area contributed by atoms with Crippen molar-refractivity contribution in [3.05, 3.63) is 30.1 Å². The summed E-state index contributed by atoms with van der Waals surface area (Å²) in [5.41, 5.74) is 6.51. The molecule has 1 aromatic rings. The van der Waals surface area contributed by atoms with Crippen LogP contribution in [0.15, 0.2) is 24.4 Å². The van der Waals surface area contributed by atoms with Crippen molar-refractivity contribution in [2.75, 3.05) is 13.1 Å². The molecule has 4 heteroatoms. The second-order valence-corrected chi connectivity index (χ2v) is 3.75. The van der Waals surface area contributed by atoms with E-state index in [-0.39, 0.29) is 11.8 Å². The minimum Gasteiger partial charge on any atom is -0.356 e. The zero-order valence-corrected chi connectivity index (χ0v) is 9.65. The van der Waals surface area contributed by atoms with E-state index in [1.807, 2.05) is 25.1 Å². The van der Waals surface area contributed by atoms with E-state index >= 15 is 0 Å². The Labute approximate surface area is 96.3 Å². The maximum atomic E-state index is 11.7. The molecule has 1 amide bonds. The second-order valence-electron chi connectivity index (χ2n) is 3.75. The molecule has 88 valence electrons. The van der Waals surface area contributed by atoms with Crippen LogP contribution in [0, 0.1) is 5.92 Å². The highest BCUT2D eigenvalue weighted by Gasteiger charge is 2.16. The Bertz CT molecular complexity index is 313. The molecule has 1 rings (SSSR count). The van der Waals surface area contributed by atoms with E-state index in [2.05, 4.69) is 10.3 Å². The van der Waals surface area contributed by atoms with Gasteiger partial charge in [-0.25, -0.2) is 0 Å². The van der Waals surface area contributed by atoms with Crippen LogP contribution < -0.4 is 11.1 Å². The number of carbonyl (C=O) groups excluding carboxylic acids is 1. The number of nitrogens with two attached hydrogens (primary N) is 1. The van der Waals surface area contributed by atoms with Crippen molar-refractivity contribution < 1.29 is 4.79 Å². The van der Waals surface area contributed by atoms with Crippen LogP contribution in [0.3, 0.4) is 0 Å². The van der Waals surface area contributed by atoms with Crippen LogP contribution in [0.2, 0.25) is 0 Å². The lowest BCUT2D eigenvalue weighted by Gasteiger charge is -2.13. The summed E-state index contributed by atoms with van der Waals surface area (Å²) in [6.07, 6.45) is 3.27. The quantitative estimate of drug-likeness (QED) is 0.744. The smallest absolute Gasteiger partial charge is 0.224 e. The molecule has 0 spiro atoms. The fourth-order valence-electron chi connectivity index (χ4n) is 1.45. The Kier molecular flexibility index (Phi) is 5.50. The van der Waals surface area contributed by atoms with Crippen molar-refractivity contribution in [1.29, 1.82) is 0 Å². The van der Waals surface area contributed by atoms with Crippen molar-refractivity contribution in [1.82, 2.24) is 10.3 Å². The van der Waals surface area contributed by atoms with Crippen molar-refractivity contribution in [2.45, 2.75) is 19.8 Å². The van der Waals surface area contributed by atoms with Crippen LogP contribution in [0.25, 0.3) is 0 Å². The number of rotatable bonds is 6. The van der Waals surface area contributed by atoms with Crippen LogP contribution in [0.1, 0.15) is 19.0 Å². The van der Waals surface area contributed by atoms with Gasteiger partial charge in [0.25, 0.3) is 0 Å². The van der Waals surface area contributed by atoms with Gasteiger partial charge in [0, 0.05) is 31.4 Å². The van der Waals surface area contributed by atoms with Gasteiger partial charge in [-0.1, -0.05) is 13.0 Å². The fourth-order valence-corrected chi connectivity index (χ4v) is 1.45. The molecule has 0 radical (unpaired) electrons. The van der Waals surface area contributed by atoms with E-state index in [9.17, 15) is 4.79 Å².